The van der Waals surface area contributed by atoms with Gasteiger partial charge in [-0.25, -0.2) is 4.39 Å². The summed E-state index contributed by atoms with van der Waals surface area (Å²) in [5.74, 6) is -0.315. The van der Waals surface area contributed by atoms with Crippen molar-refractivity contribution in [3.63, 3.8) is 0 Å². The topological polar surface area (TPSA) is 12.0 Å². The van der Waals surface area contributed by atoms with E-state index in [1.807, 2.05) is 25.3 Å². The summed E-state index contributed by atoms with van der Waals surface area (Å²) < 4.78 is 13.0. The van der Waals surface area contributed by atoms with Crippen molar-refractivity contribution in [2.45, 2.75) is 17.9 Å². The predicted molar refractivity (Wildman–Crippen MR) is 81.7 cm³/mol. The van der Waals surface area contributed by atoms with Gasteiger partial charge in [-0.05, 0) is 55.1 Å². The molecule has 1 N–H and O–H groups in total. The molecule has 0 amide bonds. The molecule has 0 aliphatic heterocycles. The minimum atomic E-state index is -0.315. The smallest absolute Gasteiger partial charge is 0.124 e. The molecule has 0 fully saturated rings. The third kappa shape index (κ3) is 3.64. The van der Waals surface area contributed by atoms with Gasteiger partial charge in [0.2, 0.25) is 0 Å². The number of thioether (sulfide) groups is 1. The number of nitrogens with one attached hydrogen (secondary N) is 1. The molecule has 1 unspecified atom stereocenters. The average molecular weight is 296 g/mol. The van der Waals surface area contributed by atoms with Gasteiger partial charge in [-0.2, -0.15) is 0 Å². The molecular weight excluding hydrogens is 281 g/mol. The van der Waals surface area contributed by atoms with Crippen molar-refractivity contribution in [3.05, 3.63) is 58.9 Å². The Bertz CT molecular complexity index is 557. The van der Waals surface area contributed by atoms with Crippen LogP contribution >= 0.6 is 23.4 Å². The van der Waals surface area contributed by atoms with E-state index in [1.165, 1.54) is 17.0 Å². The van der Waals surface area contributed by atoms with Crippen LogP contribution in [0.5, 0.6) is 0 Å². The maximum absolute atomic E-state index is 13.0. The quantitative estimate of drug-likeness (QED) is 0.761. The van der Waals surface area contributed by atoms with Crippen molar-refractivity contribution in [1.82, 2.24) is 0 Å². The van der Waals surface area contributed by atoms with Crippen molar-refractivity contribution in [1.29, 1.82) is 0 Å². The van der Waals surface area contributed by atoms with Crippen LogP contribution in [-0.4, -0.2) is 6.26 Å². The maximum atomic E-state index is 13.0. The molecule has 0 radical (unpaired) electrons. The molecule has 0 spiro atoms. The molecule has 2 rings (SSSR count). The van der Waals surface area contributed by atoms with Gasteiger partial charge < -0.3 is 5.32 Å². The highest BCUT2D eigenvalue weighted by atomic mass is 35.5. The first-order valence-corrected chi connectivity index (χ1v) is 7.56. The van der Waals surface area contributed by atoms with E-state index >= 15 is 0 Å². The zero-order chi connectivity index (χ0) is 13.8. The average Bonchev–Trinajstić information content (AvgIpc) is 2.39. The van der Waals surface area contributed by atoms with Gasteiger partial charge in [0.15, 0.2) is 0 Å². The van der Waals surface area contributed by atoms with Gasteiger partial charge in [-0.1, -0.05) is 17.7 Å². The summed E-state index contributed by atoms with van der Waals surface area (Å²) in [6.45, 7) is 2.00. The van der Waals surface area contributed by atoms with E-state index < -0.39 is 0 Å². The van der Waals surface area contributed by atoms with E-state index in [1.54, 1.807) is 17.8 Å². The summed E-state index contributed by atoms with van der Waals surface area (Å²) in [6.07, 6.45) is 2.04. The zero-order valence-corrected chi connectivity index (χ0v) is 12.4. The lowest BCUT2D eigenvalue weighted by molar-refractivity contribution is 0.626. The number of hydrogen-bond donors (Lipinski definition) is 1. The van der Waals surface area contributed by atoms with Crippen molar-refractivity contribution in [3.8, 4) is 0 Å². The Balaban J connectivity index is 2.13. The summed E-state index contributed by atoms with van der Waals surface area (Å²) in [7, 11) is 0. The Morgan fingerprint density at radius 3 is 2.42 bits per heavy atom. The standard InChI is InChI=1S/C15H15ClFNS/c1-10(14-8-3-11(17)9-15(14)16)18-12-4-6-13(19-2)7-5-12/h3-10,18H,1-2H3. The van der Waals surface area contributed by atoms with Crippen LogP contribution < -0.4 is 5.32 Å². The van der Waals surface area contributed by atoms with Crippen LogP contribution in [0, 0.1) is 5.82 Å². The second-order valence-electron chi connectivity index (χ2n) is 4.26. The molecule has 1 atom stereocenters. The van der Waals surface area contributed by atoms with Crippen LogP contribution in [0.25, 0.3) is 0 Å². The number of hydrogen-bond acceptors (Lipinski definition) is 2. The third-order valence-electron chi connectivity index (χ3n) is 2.90. The van der Waals surface area contributed by atoms with Crippen molar-refractivity contribution in [2.24, 2.45) is 0 Å². The second kappa shape index (κ2) is 6.31. The lowest BCUT2D eigenvalue weighted by atomic mass is 10.1. The molecule has 0 aromatic heterocycles. The lowest BCUT2D eigenvalue weighted by Crippen LogP contribution is -2.07. The van der Waals surface area contributed by atoms with Crippen molar-refractivity contribution < 1.29 is 4.39 Å². The summed E-state index contributed by atoms with van der Waals surface area (Å²) in [5.41, 5.74) is 1.91. The van der Waals surface area contributed by atoms with E-state index in [9.17, 15) is 4.39 Å². The molecule has 19 heavy (non-hydrogen) atoms. The SMILES string of the molecule is CSc1ccc(NC(C)c2ccc(F)cc2Cl)cc1. The molecule has 0 heterocycles. The van der Waals surface area contributed by atoms with Crippen LogP contribution in [0.3, 0.4) is 0 Å². The number of rotatable bonds is 4. The normalized spacial score (nSPS) is 12.2. The fraction of sp³-hybridized carbons (Fsp3) is 0.200. The molecule has 0 aliphatic carbocycles. The fourth-order valence-electron chi connectivity index (χ4n) is 1.87. The Kier molecular flexibility index (Phi) is 4.72. The van der Waals surface area contributed by atoms with E-state index in [0.717, 1.165) is 11.3 Å². The largest absolute Gasteiger partial charge is 0.378 e. The van der Waals surface area contributed by atoms with E-state index in [2.05, 4.69) is 17.4 Å². The van der Waals surface area contributed by atoms with E-state index in [4.69, 9.17) is 11.6 Å². The number of anilines is 1. The van der Waals surface area contributed by atoms with E-state index in [0.29, 0.717) is 5.02 Å². The second-order valence-corrected chi connectivity index (χ2v) is 5.55. The summed E-state index contributed by atoms with van der Waals surface area (Å²) in [6, 6.07) is 12.7. The Morgan fingerprint density at radius 1 is 1.16 bits per heavy atom. The molecule has 100 valence electrons. The molecule has 0 saturated carbocycles. The van der Waals surface area contributed by atoms with Crippen LogP contribution in [0.15, 0.2) is 47.4 Å². The molecule has 0 saturated heterocycles. The summed E-state index contributed by atoms with van der Waals surface area (Å²) in [5, 5.41) is 3.80. The number of halogens is 2. The van der Waals surface area contributed by atoms with E-state index in [-0.39, 0.29) is 11.9 Å². The van der Waals surface area contributed by atoms with Crippen molar-refractivity contribution in [2.75, 3.05) is 11.6 Å². The highest BCUT2D eigenvalue weighted by Crippen LogP contribution is 2.27. The van der Waals surface area contributed by atoms with Gasteiger partial charge in [-0.3, -0.25) is 0 Å². The Hall–Kier alpha value is -1.19. The monoisotopic (exact) mass is 295 g/mol. The molecule has 1 nitrogen and oxygen atoms in total. The Labute approximate surface area is 122 Å². The molecular formula is C15H15ClFNS. The van der Waals surface area contributed by atoms with Crippen LogP contribution in [0.2, 0.25) is 5.02 Å². The lowest BCUT2D eigenvalue weighted by Gasteiger charge is -2.17. The Morgan fingerprint density at radius 2 is 1.84 bits per heavy atom. The van der Waals surface area contributed by atoms with Gasteiger partial charge in [0.1, 0.15) is 5.82 Å². The first-order chi connectivity index (χ1) is 9.10. The first kappa shape index (κ1) is 14.2. The minimum absolute atomic E-state index is 0.0215. The van der Waals surface area contributed by atoms with Gasteiger partial charge in [0.05, 0.1) is 0 Å². The molecule has 2 aromatic rings. The molecule has 0 bridgehead atoms. The van der Waals surface area contributed by atoms with Crippen molar-refractivity contribution >= 4 is 29.1 Å². The van der Waals surface area contributed by atoms with Gasteiger partial charge in [-0.15, -0.1) is 11.8 Å². The molecule has 0 aliphatic rings. The maximum Gasteiger partial charge on any atom is 0.124 e. The van der Waals surface area contributed by atoms with Crippen LogP contribution in [0.4, 0.5) is 10.1 Å². The zero-order valence-electron chi connectivity index (χ0n) is 10.8. The van der Waals surface area contributed by atoms with Gasteiger partial charge >= 0.3 is 0 Å². The summed E-state index contributed by atoms with van der Waals surface area (Å²) in [4.78, 5) is 1.22. The molecule has 4 heteroatoms. The highest BCUT2D eigenvalue weighted by molar-refractivity contribution is 7.98. The first-order valence-electron chi connectivity index (χ1n) is 5.95. The summed E-state index contributed by atoms with van der Waals surface area (Å²) >= 11 is 7.76. The predicted octanol–water partition coefficient (Wildman–Crippen LogP) is 5.37. The van der Waals surface area contributed by atoms with Crippen LogP contribution in [0.1, 0.15) is 18.5 Å². The van der Waals surface area contributed by atoms with Gasteiger partial charge in [0.25, 0.3) is 0 Å². The highest BCUT2D eigenvalue weighted by Gasteiger charge is 2.10. The number of benzene rings is 2. The van der Waals surface area contributed by atoms with Crippen LogP contribution in [-0.2, 0) is 0 Å². The molecule has 2 aromatic carbocycles. The van der Waals surface area contributed by atoms with Gasteiger partial charge in [0, 0.05) is 21.6 Å². The third-order valence-corrected chi connectivity index (χ3v) is 3.97. The minimum Gasteiger partial charge on any atom is -0.378 e. The fourth-order valence-corrected chi connectivity index (χ4v) is 2.61.